The third-order valence-corrected chi connectivity index (χ3v) is 3.87. The van der Waals surface area contributed by atoms with Crippen LogP contribution in [0.2, 0.25) is 0 Å². The van der Waals surface area contributed by atoms with Gasteiger partial charge in [-0.1, -0.05) is 42.8 Å². The van der Waals surface area contributed by atoms with Crippen molar-refractivity contribution in [1.82, 2.24) is 4.57 Å². The second-order valence-corrected chi connectivity index (χ2v) is 5.36. The zero-order valence-corrected chi connectivity index (χ0v) is 12.5. The molecule has 1 nitrogen and oxygen atoms in total. The molecule has 92 valence electrons. The van der Waals surface area contributed by atoms with Crippen molar-refractivity contribution in [3.8, 4) is 0 Å². The molecule has 0 N–H and O–H groups in total. The van der Waals surface area contributed by atoms with E-state index in [0.29, 0.717) is 0 Å². The highest BCUT2D eigenvalue weighted by atomic mass is 79.9. The molecule has 2 aromatic rings. The molecule has 0 bridgehead atoms. The van der Waals surface area contributed by atoms with Crippen LogP contribution in [0, 0.1) is 0 Å². The molecule has 0 atom stereocenters. The fourth-order valence-electron chi connectivity index (χ4n) is 2.72. The summed E-state index contributed by atoms with van der Waals surface area (Å²) in [5, 5.41) is 2.85. The maximum Gasteiger partial charge on any atom is 0.0254 e. The van der Waals surface area contributed by atoms with E-state index in [9.17, 15) is 0 Å². The summed E-state index contributed by atoms with van der Waals surface area (Å²) in [5.74, 6) is 0. The average molecular weight is 294 g/mol. The van der Waals surface area contributed by atoms with Crippen molar-refractivity contribution in [3.05, 3.63) is 34.1 Å². The van der Waals surface area contributed by atoms with Gasteiger partial charge in [0.05, 0.1) is 0 Å². The highest BCUT2D eigenvalue weighted by Crippen LogP contribution is 2.30. The molecule has 0 unspecified atom stereocenters. The van der Waals surface area contributed by atoms with Crippen molar-refractivity contribution >= 4 is 26.7 Å². The van der Waals surface area contributed by atoms with Crippen molar-refractivity contribution in [2.45, 2.75) is 46.6 Å². The second-order valence-electron chi connectivity index (χ2n) is 4.44. The van der Waals surface area contributed by atoms with Gasteiger partial charge >= 0.3 is 0 Å². The van der Waals surface area contributed by atoms with Gasteiger partial charge in [0.1, 0.15) is 0 Å². The Morgan fingerprint density at radius 1 is 1.00 bits per heavy atom. The van der Waals surface area contributed by atoms with Crippen LogP contribution < -0.4 is 0 Å². The van der Waals surface area contributed by atoms with Gasteiger partial charge in [-0.05, 0) is 31.4 Å². The minimum atomic E-state index is 1.10. The largest absolute Gasteiger partial charge is 0.347 e. The summed E-state index contributed by atoms with van der Waals surface area (Å²) in [6, 6.07) is 6.67. The van der Waals surface area contributed by atoms with Crippen molar-refractivity contribution in [3.63, 3.8) is 0 Å². The lowest BCUT2D eigenvalue weighted by Crippen LogP contribution is -2.05. The van der Waals surface area contributed by atoms with E-state index in [4.69, 9.17) is 0 Å². The number of nitrogens with zero attached hydrogens (tertiary/aromatic N) is 1. The molecule has 0 aliphatic heterocycles. The van der Waals surface area contributed by atoms with E-state index < -0.39 is 0 Å². The van der Waals surface area contributed by atoms with E-state index in [1.807, 2.05) is 0 Å². The Kier molecular flexibility index (Phi) is 3.93. The van der Waals surface area contributed by atoms with E-state index in [-0.39, 0.29) is 0 Å². The van der Waals surface area contributed by atoms with Crippen molar-refractivity contribution in [2.75, 3.05) is 0 Å². The van der Waals surface area contributed by atoms with Crippen LogP contribution in [-0.4, -0.2) is 4.57 Å². The Bertz CT molecular complexity index is 525. The highest BCUT2D eigenvalue weighted by Gasteiger charge is 2.13. The van der Waals surface area contributed by atoms with Crippen molar-refractivity contribution < 1.29 is 0 Å². The smallest absolute Gasteiger partial charge is 0.0254 e. The molecule has 1 aromatic carbocycles. The Labute approximate surface area is 112 Å². The summed E-state index contributed by atoms with van der Waals surface area (Å²) in [5.41, 5.74) is 2.98. The van der Waals surface area contributed by atoms with Crippen LogP contribution in [0.15, 0.2) is 22.7 Å². The van der Waals surface area contributed by atoms with E-state index in [1.165, 1.54) is 33.1 Å². The molecule has 2 heteroatoms. The number of hydrogen-bond acceptors (Lipinski definition) is 0. The van der Waals surface area contributed by atoms with Crippen LogP contribution >= 0.6 is 15.9 Å². The maximum absolute atomic E-state index is 3.58. The van der Waals surface area contributed by atoms with Gasteiger partial charge < -0.3 is 4.57 Å². The van der Waals surface area contributed by atoms with Crippen LogP contribution in [0.3, 0.4) is 0 Å². The molecule has 0 fully saturated rings. The van der Waals surface area contributed by atoms with Gasteiger partial charge in [-0.3, -0.25) is 0 Å². The summed E-state index contributed by atoms with van der Waals surface area (Å²) in [6.07, 6.45) is 3.41. The number of benzene rings is 1. The first kappa shape index (κ1) is 12.7. The van der Waals surface area contributed by atoms with Crippen molar-refractivity contribution in [1.29, 1.82) is 0 Å². The normalized spacial score (nSPS) is 11.3. The molecule has 0 saturated carbocycles. The summed E-state index contributed by atoms with van der Waals surface area (Å²) in [6.45, 7) is 7.89. The topological polar surface area (TPSA) is 4.93 Å². The first-order chi connectivity index (χ1) is 8.22. The van der Waals surface area contributed by atoms with Crippen LogP contribution in [0.5, 0.6) is 0 Å². The fourth-order valence-corrected chi connectivity index (χ4v) is 3.08. The lowest BCUT2D eigenvalue weighted by atomic mass is 10.1. The summed E-state index contributed by atoms with van der Waals surface area (Å²) >= 11 is 3.58. The first-order valence-corrected chi connectivity index (χ1v) is 7.31. The van der Waals surface area contributed by atoms with Gasteiger partial charge in [-0.25, -0.2) is 0 Å². The summed E-state index contributed by atoms with van der Waals surface area (Å²) < 4.78 is 3.70. The average Bonchev–Trinajstić information content (AvgIpc) is 2.61. The Hall–Kier alpha value is -0.760. The molecule has 0 aliphatic carbocycles. The monoisotopic (exact) mass is 293 g/mol. The Morgan fingerprint density at radius 3 is 2.24 bits per heavy atom. The fraction of sp³-hybridized carbons (Fsp3) is 0.467. The zero-order valence-electron chi connectivity index (χ0n) is 10.9. The van der Waals surface area contributed by atoms with Crippen LogP contribution in [0.25, 0.3) is 10.8 Å². The quantitative estimate of drug-likeness (QED) is 0.752. The SMILES string of the molecule is CCCn1c(CC)c2ccc(Br)cc2c1CC. The molecule has 17 heavy (non-hydrogen) atoms. The Balaban J connectivity index is 2.76. The van der Waals surface area contributed by atoms with E-state index in [1.54, 1.807) is 0 Å². The predicted octanol–water partition coefficient (Wildman–Crippen LogP) is 4.94. The number of halogens is 1. The minimum Gasteiger partial charge on any atom is -0.347 e. The molecule has 0 saturated heterocycles. The van der Waals surface area contributed by atoms with E-state index >= 15 is 0 Å². The van der Waals surface area contributed by atoms with Crippen LogP contribution in [0.4, 0.5) is 0 Å². The predicted molar refractivity (Wildman–Crippen MR) is 78.7 cm³/mol. The standard InChI is InChI=1S/C15H20BrN/c1-4-9-17-14(5-2)12-8-7-11(16)10-13(12)15(17)6-3/h7-8,10H,4-6,9H2,1-3H3. The molecule has 0 aliphatic rings. The second kappa shape index (κ2) is 5.26. The molecule has 2 rings (SSSR count). The van der Waals surface area contributed by atoms with Gasteiger partial charge in [0.2, 0.25) is 0 Å². The molecule has 0 amide bonds. The summed E-state index contributed by atoms with van der Waals surface area (Å²) in [7, 11) is 0. The number of hydrogen-bond donors (Lipinski definition) is 0. The maximum atomic E-state index is 3.58. The first-order valence-electron chi connectivity index (χ1n) is 6.52. The van der Waals surface area contributed by atoms with Crippen molar-refractivity contribution in [2.24, 2.45) is 0 Å². The number of aromatic nitrogens is 1. The van der Waals surface area contributed by atoms with Gasteiger partial charge in [-0.15, -0.1) is 0 Å². The minimum absolute atomic E-state index is 1.10. The van der Waals surface area contributed by atoms with E-state index in [0.717, 1.165) is 19.4 Å². The van der Waals surface area contributed by atoms with Crippen LogP contribution in [0.1, 0.15) is 38.6 Å². The summed E-state index contributed by atoms with van der Waals surface area (Å²) in [4.78, 5) is 0. The van der Waals surface area contributed by atoms with Gasteiger partial charge in [0, 0.05) is 33.2 Å². The lowest BCUT2D eigenvalue weighted by molar-refractivity contribution is 0.629. The third-order valence-electron chi connectivity index (χ3n) is 3.37. The number of fused-ring (bicyclic) bond motifs is 1. The molecule has 1 aromatic heterocycles. The molecular weight excluding hydrogens is 274 g/mol. The molecule has 0 radical (unpaired) electrons. The third kappa shape index (κ3) is 2.15. The Morgan fingerprint density at radius 2 is 1.65 bits per heavy atom. The van der Waals surface area contributed by atoms with Crippen LogP contribution in [-0.2, 0) is 19.4 Å². The molecule has 1 heterocycles. The highest BCUT2D eigenvalue weighted by molar-refractivity contribution is 9.10. The molecular formula is C15H20BrN. The number of rotatable bonds is 4. The van der Waals surface area contributed by atoms with Gasteiger partial charge in [0.15, 0.2) is 0 Å². The zero-order chi connectivity index (χ0) is 12.4. The van der Waals surface area contributed by atoms with Gasteiger partial charge in [0.25, 0.3) is 0 Å². The molecule has 0 spiro atoms. The number of aryl methyl sites for hydroxylation is 2. The lowest BCUT2D eigenvalue weighted by Gasteiger charge is -2.10. The van der Waals surface area contributed by atoms with E-state index in [2.05, 4.69) is 59.5 Å². The van der Waals surface area contributed by atoms with Gasteiger partial charge in [-0.2, -0.15) is 0 Å².